The molecule has 0 radical (unpaired) electrons. The highest BCUT2D eigenvalue weighted by atomic mass is 16.3. The zero-order valence-electron chi connectivity index (χ0n) is 7.01. The van der Waals surface area contributed by atoms with Crippen molar-refractivity contribution < 1.29 is 5.11 Å². The molecule has 1 aliphatic rings. The maximum Gasteiger partial charge on any atom is 0.0461 e. The molecule has 1 rings (SSSR count). The Hall–Kier alpha value is -0.0400. The van der Waals surface area contributed by atoms with E-state index in [0.29, 0.717) is 12.5 Å². The molecule has 1 aliphatic carbocycles. The molecule has 1 nitrogen and oxygen atoms in total. The summed E-state index contributed by atoms with van der Waals surface area (Å²) in [6.07, 6.45) is 3.86. The fourth-order valence-corrected chi connectivity index (χ4v) is 2.00. The molecule has 0 aromatic rings. The predicted octanol–water partition coefficient (Wildman–Crippen LogP) is 2.05. The van der Waals surface area contributed by atoms with E-state index in [1.165, 1.54) is 19.3 Å². The Morgan fingerprint density at radius 2 is 2.00 bits per heavy atom. The van der Waals surface area contributed by atoms with Gasteiger partial charge in [-0.1, -0.05) is 20.3 Å². The highest BCUT2D eigenvalue weighted by molar-refractivity contribution is 4.74. The Balaban J connectivity index is 2.36. The van der Waals surface area contributed by atoms with Gasteiger partial charge in [0, 0.05) is 6.61 Å². The zero-order valence-corrected chi connectivity index (χ0v) is 7.01. The fourth-order valence-electron chi connectivity index (χ4n) is 2.00. The summed E-state index contributed by atoms with van der Waals surface area (Å²) >= 11 is 0. The molecule has 0 saturated heterocycles. The van der Waals surface area contributed by atoms with Gasteiger partial charge in [-0.05, 0) is 30.6 Å². The Kier molecular flexibility index (Phi) is 2.72. The lowest BCUT2D eigenvalue weighted by atomic mass is 9.76. The highest BCUT2D eigenvalue weighted by Gasteiger charge is 2.23. The normalized spacial score (nSPS) is 41.7. The Morgan fingerprint density at radius 1 is 1.30 bits per heavy atom. The van der Waals surface area contributed by atoms with E-state index in [9.17, 15) is 0 Å². The van der Waals surface area contributed by atoms with Crippen molar-refractivity contribution in [1.29, 1.82) is 0 Å². The Labute approximate surface area is 63.4 Å². The van der Waals surface area contributed by atoms with Gasteiger partial charge in [-0.15, -0.1) is 0 Å². The number of rotatable bonds is 1. The van der Waals surface area contributed by atoms with Crippen LogP contribution in [-0.4, -0.2) is 11.7 Å². The molecular formula is C9H18O. The van der Waals surface area contributed by atoms with Gasteiger partial charge < -0.3 is 5.11 Å². The maximum absolute atomic E-state index is 8.95. The van der Waals surface area contributed by atoms with Gasteiger partial charge in [-0.2, -0.15) is 0 Å². The molecule has 0 bridgehead atoms. The smallest absolute Gasteiger partial charge is 0.0461 e. The Morgan fingerprint density at radius 3 is 2.50 bits per heavy atom. The van der Waals surface area contributed by atoms with Crippen LogP contribution >= 0.6 is 0 Å². The summed E-state index contributed by atoms with van der Waals surface area (Å²) in [6, 6.07) is 0. The first-order valence-electron chi connectivity index (χ1n) is 4.35. The second kappa shape index (κ2) is 3.38. The molecule has 0 heterocycles. The molecule has 1 fully saturated rings. The highest BCUT2D eigenvalue weighted by Crippen LogP contribution is 2.32. The van der Waals surface area contributed by atoms with Crippen molar-refractivity contribution in [3.63, 3.8) is 0 Å². The van der Waals surface area contributed by atoms with E-state index in [1.54, 1.807) is 0 Å². The van der Waals surface area contributed by atoms with E-state index in [2.05, 4.69) is 13.8 Å². The van der Waals surface area contributed by atoms with E-state index in [4.69, 9.17) is 5.11 Å². The maximum atomic E-state index is 8.95. The summed E-state index contributed by atoms with van der Waals surface area (Å²) in [5, 5.41) is 8.95. The summed E-state index contributed by atoms with van der Waals surface area (Å²) in [6.45, 7) is 4.97. The van der Waals surface area contributed by atoms with Crippen LogP contribution in [0.15, 0.2) is 0 Å². The van der Waals surface area contributed by atoms with Gasteiger partial charge >= 0.3 is 0 Å². The van der Waals surface area contributed by atoms with Crippen molar-refractivity contribution in [2.75, 3.05) is 6.61 Å². The first-order chi connectivity index (χ1) is 4.74. The molecule has 0 aromatic carbocycles. The summed E-state index contributed by atoms with van der Waals surface area (Å²) in [5.41, 5.74) is 0. The van der Waals surface area contributed by atoms with Crippen molar-refractivity contribution in [2.45, 2.75) is 33.1 Å². The van der Waals surface area contributed by atoms with Crippen LogP contribution in [0.2, 0.25) is 0 Å². The molecule has 1 N–H and O–H groups in total. The quantitative estimate of drug-likeness (QED) is 0.594. The topological polar surface area (TPSA) is 20.2 Å². The molecule has 0 amide bonds. The molecule has 10 heavy (non-hydrogen) atoms. The van der Waals surface area contributed by atoms with Crippen LogP contribution in [0.3, 0.4) is 0 Å². The van der Waals surface area contributed by atoms with Crippen LogP contribution in [0.25, 0.3) is 0 Å². The van der Waals surface area contributed by atoms with Gasteiger partial charge in [0.05, 0.1) is 0 Å². The third-order valence-corrected chi connectivity index (χ3v) is 2.84. The molecule has 0 aromatic heterocycles. The third-order valence-electron chi connectivity index (χ3n) is 2.84. The van der Waals surface area contributed by atoms with E-state index >= 15 is 0 Å². The molecule has 0 spiro atoms. The molecule has 1 heteroatoms. The molecule has 1 saturated carbocycles. The summed E-state index contributed by atoms with van der Waals surface area (Å²) in [4.78, 5) is 0. The van der Waals surface area contributed by atoms with Crippen LogP contribution in [0.4, 0.5) is 0 Å². The summed E-state index contributed by atoms with van der Waals surface area (Å²) in [7, 11) is 0. The molecule has 0 aliphatic heterocycles. The van der Waals surface area contributed by atoms with Gasteiger partial charge in [-0.25, -0.2) is 0 Å². The van der Waals surface area contributed by atoms with Crippen LogP contribution in [-0.2, 0) is 0 Å². The zero-order chi connectivity index (χ0) is 7.56. The number of aliphatic hydroxyl groups excluding tert-OH is 1. The number of hydrogen-bond acceptors (Lipinski definition) is 1. The van der Waals surface area contributed by atoms with E-state index in [0.717, 1.165) is 11.8 Å². The van der Waals surface area contributed by atoms with Gasteiger partial charge in [0.25, 0.3) is 0 Å². The lowest BCUT2D eigenvalue weighted by Gasteiger charge is -2.31. The second-order valence-corrected chi connectivity index (χ2v) is 3.84. The van der Waals surface area contributed by atoms with Crippen LogP contribution < -0.4 is 0 Å². The minimum absolute atomic E-state index is 0.397. The monoisotopic (exact) mass is 142 g/mol. The summed E-state index contributed by atoms with van der Waals surface area (Å²) in [5.74, 6) is 2.22. The van der Waals surface area contributed by atoms with Gasteiger partial charge in [0.1, 0.15) is 0 Å². The Bertz CT molecular complexity index is 101. The van der Waals surface area contributed by atoms with E-state index in [1.807, 2.05) is 0 Å². The average molecular weight is 142 g/mol. The van der Waals surface area contributed by atoms with Crippen molar-refractivity contribution >= 4 is 0 Å². The van der Waals surface area contributed by atoms with Gasteiger partial charge in [-0.3, -0.25) is 0 Å². The SMILES string of the molecule is C[C@@H]1CC[C@H](CO)[C@@H](C)C1. The number of hydrogen-bond donors (Lipinski definition) is 1. The largest absolute Gasteiger partial charge is 0.396 e. The number of aliphatic hydroxyl groups is 1. The van der Waals surface area contributed by atoms with Crippen LogP contribution in [0.5, 0.6) is 0 Å². The molecular weight excluding hydrogens is 124 g/mol. The van der Waals surface area contributed by atoms with Gasteiger partial charge in [0.15, 0.2) is 0 Å². The minimum Gasteiger partial charge on any atom is -0.396 e. The third kappa shape index (κ3) is 1.72. The predicted molar refractivity (Wildman–Crippen MR) is 42.8 cm³/mol. The van der Waals surface area contributed by atoms with Crippen molar-refractivity contribution in [1.82, 2.24) is 0 Å². The van der Waals surface area contributed by atoms with E-state index < -0.39 is 0 Å². The second-order valence-electron chi connectivity index (χ2n) is 3.84. The average Bonchev–Trinajstić information content (AvgIpc) is 1.88. The lowest BCUT2D eigenvalue weighted by molar-refractivity contribution is 0.122. The van der Waals surface area contributed by atoms with E-state index in [-0.39, 0.29) is 0 Å². The standard InChI is InChI=1S/C9H18O/c1-7-3-4-9(6-10)8(2)5-7/h7-10H,3-6H2,1-2H3/t7-,8+,9-/m1/s1. The van der Waals surface area contributed by atoms with Crippen molar-refractivity contribution in [3.05, 3.63) is 0 Å². The van der Waals surface area contributed by atoms with Crippen LogP contribution in [0.1, 0.15) is 33.1 Å². The lowest BCUT2D eigenvalue weighted by Crippen LogP contribution is -2.23. The van der Waals surface area contributed by atoms with Crippen molar-refractivity contribution in [3.8, 4) is 0 Å². The molecule has 3 atom stereocenters. The van der Waals surface area contributed by atoms with Gasteiger partial charge in [0.2, 0.25) is 0 Å². The fraction of sp³-hybridized carbons (Fsp3) is 1.00. The molecule has 60 valence electrons. The van der Waals surface area contributed by atoms with Crippen molar-refractivity contribution in [2.24, 2.45) is 17.8 Å². The first-order valence-corrected chi connectivity index (χ1v) is 4.35. The minimum atomic E-state index is 0.397. The van der Waals surface area contributed by atoms with Crippen LogP contribution in [0, 0.1) is 17.8 Å². The molecule has 0 unspecified atom stereocenters. The first kappa shape index (κ1) is 8.06. The summed E-state index contributed by atoms with van der Waals surface area (Å²) < 4.78 is 0.